The lowest BCUT2D eigenvalue weighted by atomic mass is 10.2. The van der Waals surface area contributed by atoms with Crippen molar-refractivity contribution in [1.82, 2.24) is 14.8 Å². The minimum Gasteiger partial charge on any atom is -0.477 e. The van der Waals surface area contributed by atoms with Gasteiger partial charge in [0.1, 0.15) is 10.7 Å². The number of anilines is 1. The van der Waals surface area contributed by atoms with Crippen LogP contribution in [0.3, 0.4) is 0 Å². The van der Waals surface area contributed by atoms with Crippen molar-refractivity contribution in [2.24, 2.45) is 0 Å². The number of aromatic nitrogens is 3. The molecule has 1 aromatic carbocycles. The first kappa shape index (κ1) is 22.5. The van der Waals surface area contributed by atoms with Gasteiger partial charge in [-0.25, -0.2) is 4.79 Å². The van der Waals surface area contributed by atoms with Crippen molar-refractivity contribution in [3.8, 4) is 11.4 Å². The monoisotopic (exact) mass is 472 g/mol. The number of hydrogen-bond donors (Lipinski definition) is 1. The van der Waals surface area contributed by atoms with E-state index < -0.39 is 5.97 Å². The largest absolute Gasteiger partial charge is 0.477 e. The van der Waals surface area contributed by atoms with Gasteiger partial charge in [-0.15, -0.1) is 10.2 Å². The lowest BCUT2D eigenvalue weighted by molar-refractivity contribution is -0.131. The Kier molecular flexibility index (Phi) is 7.22. The van der Waals surface area contributed by atoms with E-state index in [0.29, 0.717) is 28.3 Å². The third kappa shape index (κ3) is 5.19. The van der Waals surface area contributed by atoms with Gasteiger partial charge in [0, 0.05) is 42.4 Å². The third-order valence-corrected chi connectivity index (χ3v) is 6.60. The number of benzene rings is 1. The van der Waals surface area contributed by atoms with Crippen LogP contribution in [0, 0.1) is 0 Å². The van der Waals surface area contributed by atoms with Crippen LogP contribution in [-0.2, 0) is 11.3 Å². The number of nitrogens with zero attached hydrogens (tertiary/aromatic N) is 4. The Labute approximate surface area is 196 Å². The van der Waals surface area contributed by atoms with E-state index in [1.807, 2.05) is 35.8 Å². The summed E-state index contributed by atoms with van der Waals surface area (Å²) < 4.78 is 7.84. The molecule has 0 spiro atoms. The Hall–Kier alpha value is -2.71. The summed E-state index contributed by atoms with van der Waals surface area (Å²) in [6, 6.07) is 11.0. The lowest BCUT2D eigenvalue weighted by Crippen LogP contribution is -2.23. The molecular weight excluding hydrogens is 448 g/mol. The molecule has 1 saturated heterocycles. The summed E-state index contributed by atoms with van der Waals surface area (Å²) in [5.74, 6) is 0.920. The van der Waals surface area contributed by atoms with Gasteiger partial charge in [0.05, 0.1) is 0 Å². The van der Waals surface area contributed by atoms with Crippen LogP contribution >= 0.6 is 23.4 Å². The summed E-state index contributed by atoms with van der Waals surface area (Å²) in [6.45, 7) is 4.49. The summed E-state index contributed by atoms with van der Waals surface area (Å²) in [7, 11) is 0. The molecule has 7 nitrogen and oxygen atoms in total. The Bertz CT molecular complexity index is 1100. The first-order valence-corrected chi connectivity index (χ1v) is 11.9. The van der Waals surface area contributed by atoms with Crippen molar-refractivity contribution in [2.45, 2.75) is 44.3 Å². The molecule has 0 radical (unpaired) electrons. The molecule has 0 atom stereocenters. The summed E-state index contributed by atoms with van der Waals surface area (Å²) in [5, 5.41) is 19.5. The zero-order chi connectivity index (χ0) is 22.5. The molecule has 0 aliphatic carbocycles. The highest BCUT2D eigenvalue weighted by atomic mass is 35.5. The molecule has 1 fully saturated rings. The zero-order valence-electron chi connectivity index (χ0n) is 17.8. The normalized spacial score (nSPS) is 15.1. The summed E-state index contributed by atoms with van der Waals surface area (Å²) in [5.41, 5.74) is 0.865. The van der Waals surface area contributed by atoms with E-state index in [-0.39, 0.29) is 4.91 Å². The van der Waals surface area contributed by atoms with E-state index in [9.17, 15) is 9.90 Å². The second-order valence-corrected chi connectivity index (χ2v) is 9.00. The zero-order valence-corrected chi connectivity index (χ0v) is 19.4. The topological polar surface area (TPSA) is 84.4 Å². The van der Waals surface area contributed by atoms with Crippen molar-refractivity contribution in [3.05, 3.63) is 52.1 Å². The molecule has 1 aliphatic rings. The average molecular weight is 473 g/mol. The molecule has 0 unspecified atom stereocenters. The molecule has 2 aromatic heterocycles. The van der Waals surface area contributed by atoms with E-state index in [1.54, 1.807) is 18.2 Å². The molecule has 0 bridgehead atoms. The van der Waals surface area contributed by atoms with E-state index in [4.69, 9.17) is 16.0 Å². The number of hydrogen-bond acceptors (Lipinski definition) is 6. The fourth-order valence-corrected chi connectivity index (χ4v) is 4.70. The maximum Gasteiger partial charge on any atom is 0.342 e. The van der Waals surface area contributed by atoms with Crippen LogP contribution in [0.5, 0.6) is 0 Å². The van der Waals surface area contributed by atoms with Crippen LogP contribution in [0.25, 0.3) is 17.5 Å². The van der Waals surface area contributed by atoms with Crippen molar-refractivity contribution in [2.75, 3.05) is 18.0 Å². The minimum atomic E-state index is -1.04. The maximum atomic E-state index is 12.0. The Morgan fingerprint density at radius 1 is 1.12 bits per heavy atom. The molecule has 1 N–H and O–H groups in total. The van der Waals surface area contributed by atoms with Crippen LogP contribution in [0.2, 0.25) is 5.02 Å². The molecule has 168 valence electrons. The highest BCUT2D eigenvalue weighted by Gasteiger charge is 2.19. The highest BCUT2D eigenvalue weighted by Crippen LogP contribution is 2.32. The molecular formula is C23H25ClN4O3S. The Balaban J connectivity index is 1.57. The van der Waals surface area contributed by atoms with Gasteiger partial charge in [-0.05, 0) is 61.9 Å². The quantitative estimate of drug-likeness (QED) is 0.343. The predicted molar refractivity (Wildman–Crippen MR) is 127 cm³/mol. The average Bonchev–Trinajstić information content (AvgIpc) is 3.32. The lowest BCUT2D eigenvalue weighted by Gasteiger charge is -2.18. The van der Waals surface area contributed by atoms with E-state index in [1.165, 1.54) is 12.8 Å². The van der Waals surface area contributed by atoms with Gasteiger partial charge in [0.15, 0.2) is 16.9 Å². The number of rotatable bonds is 7. The number of aliphatic carboxylic acids is 1. The molecule has 4 rings (SSSR count). The highest BCUT2D eigenvalue weighted by molar-refractivity contribution is 8.04. The van der Waals surface area contributed by atoms with Crippen molar-refractivity contribution >= 4 is 41.3 Å². The Morgan fingerprint density at radius 3 is 2.50 bits per heavy atom. The molecule has 1 aliphatic heterocycles. The smallest absolute Gasteiger partial charge is 0.342 e. The van der Waals surface area contributed by atoms with Gasteiger partial charge in [0.25, 0.3) is 0 Å². The first-order chi connectivity index (χ1) is 15.5. The number of furan rings is 1. The summed E-state index contributed by atoms with van der Waals surface area (Å²) in [6.07, 6.45) is 6.31. The van der Waals surface area contributed by atoms with Crippen LogP contribution < -0.4 is 4.90 Å². The minimum absolute atomic E-state index is 0.117. The van der Waals surface area contributed by atoms with E-state index in [2.05, 4.69) is 15.1 Å². The van der Waals surface area contributed by atoms with Crippen LogP contribution in [0.4, 0.5) is 5.88 Å². The van der Waals surface area contributed by atoms with E-state index >= 15 is 0 Å². The van der Waals surface area contributed by atoms with Gasteiger partial charge in [-0.1, -0.05) is 24.4 Å². The van der Waals surface area contributed by atoms with Crippen molar-refractivity contribution in [1.29, 1.82) is 0 Å². The maximum absolute atomic E-state index is 12.0. The fraction of sp³-hybridized carbons (Fsp3) is 0.348. The first-order valence-electron chi connectivity index (χ1n) is 10.7. The predicted octanol–water partition coefficient (Wildman–Crippen LogP) is 5.81. The van der Waals surface area contributed by atoms with Crippen LogP contribution in [-0.4, -0.2) is 38.9 Å². The van der Waals surface area contributed by atoms with Gasteiger partial charge >= 0.3 is 5.97 Å². The second kappa shape index (κ2) is 10.3. The number of carboxylic acid groups (broad SMARTS) is 1. The third-order valence-electron chi connectivity index (χ3n) is 5.35. The molecule has 9 heteroatoms. The molecule has 0 saturated carbocycles. The van der Waals surface area contributed by atoms with Gasteiger partial charge in [-0.2, -0.15) is 0 Å². The van der Waals surface area contributed by atoms with Crippen molar-refractivity contribution in [3.63, 3.8) is 0 Å². The number of halogens is 1. The van der Waals surface area contributed by atoms with Gasteiger partial charge in [0.2, 0.25) is 0 Å². The van der Waals surface area contributed by atoms with Gasteiger partial charge in [-0.3, -0.25) is 0 Å². The Morgan fingerprint density at radius 2 is 1.84 bits per heavy atom. The summed E-state index contributed by atoms with van der Waals surface area (Å²) in [4.78, 5) is 14.3. The number of carbonyl (C=O) groups is 1. The number of carboxylic acids is 1. The molecule has 3 aromatic rings. The number of thioether (sulfide) groups is 1. The van der Waals surface area contributed by atoms with E-state index in [0.717, 1.165) is 49.1 Å². The SMILES string of the molecule is CCn1c(S/C(=C\c2ccc(N3CCCCCC3)o2)C(=O)O)nnc1-c1ccc(Cl)cc1. The summed E-state index contributed by atoms with van der Waals surface area (Å²) >= 11 is 7.05. The standard InChI is InChI=1S/C23H25ClN4O3S/c1-2-28-21(16-7-9-17(24)10-8-16)25-26-23(28)32-19(22(29)30)15-18-11-12-20(31-18)27-13-5-3-4-6-14-27/h7-12,15H,2-6,13-14H2,1H3,(H,29,30)/b19-15-. The van der Waals surface area contributed by atoms with Crippen LogP contribution in [0.1, 0.15) is 38.4 Å². The molecule has 32 heavy (non-hydrogen) atoms. The van der Waals surface area contributed by atoms with Gasteiger partial charge < -0.3 is 19.0 Å². The second-order valence-electron chi connectivity index (χ2n) is 7.55. The molecule has 3 heterocycles. The van der Waals surface area contributed by atoms with Crippen LogP contribution in [0.15, 0.2) is 50.9 Å². The van der Waals surface area contributed by atoms with Crippen molar-refractivity contribution < 1.29 is 14.3 Å². The fourth-order valence-electron chi connectivity index (χ4n) is 3.70. The molecule has 0 amide bonds.